The van der Waals surface area contributed by atoms with Gasteiger partial charge in [0, 0.05) is 12.6 Å². The van der Waals surface area contributed by atoms with Crippen molar-refractivity contribution in [2.75, 3.05) is 13.7 Å². The number of carbonyl (C=O) groups excluding carboxylic acids is 2. The maximum absolute atomic E-state index is 12.5. The van der Waals surface area contributed by atoms with Gasteiger partial charge in [0.25, 0.3) is 5.69 Å². The van der Waals surface area contributed by atoms with Crippen molar-refractivity contribution in [3.8, 4) is 0 Å². The lowest BCUT2D eigenvalue weighted by atomic mass is 10.2. The zero-order valence-corrected chi connectivity index (χ0v) is 16.7. The van der Waals surface area contributed by atoms with Crippen molar-refractivity contribution in [3.63, 3.8) is 0 Å². The van der Waals surface area contributed by atoms with Crippen LogP contribution in [-0.2, 0) is 24.3 Å². The number of alkyl carbamates (subject to hydrolysis) is 1. The Morgan fingerprint density at radius 1 is 1.25 bits per heavy atom. The predicted molar refractivity (Wildman–Crippen MR) is 98.1 cm³/mol. The summed E-state index contributed by atoms with van der Waals surface area (Å²) in [6.07, 6.45) is -0.899. The number of rotatable bonds is 8. The molecule has 12 heteroatoms. The third kappa shape index (κ3) is 7.12. The maximum atomic E-state index is 12.5. The fourth-order valence-corrected chi connectivity index (χ4v) is 3.48. The summed E-state index contributed by atoms with van der Waals surface area (Å²) in [5.41, 5.74) is -1.36. The van der Waals surface area contributed by atoms with E-state index >= 15 is 0 Å². The van der Waals surface area contributed by atoms with Crippen LogP contribution in [0.4, 0.5) is 10.5 Å². The first-order valence-electron chi connectivity index (χ1n) is 8.18. The Labute approximate surface area is 162 Å². The third-order valence-corrected chi connectivity index (χ3v) is 4.75. The molecule has 0 aliphatic heterocycles. The van der Waals surface area contributed by atoms with E-state index in [4.69, 9.17) is 4.74 Å². The monoisotopic (exact) mass is 417 g/mol. The number of para-hydroxylation sites is 1. The maximum Gasteiger partial charge on any atom is 0.407 e. The van der Waals surface area contributed by atoms with Gasteiger partial charge in [0.1, 0.15) is 11.6 Å². The lowest BCUT2D eigenvalue weighted by Crippen LogP contribution is -2.44. The lowest BCUT2D eigenvalue weighted by Gasteiger charge is -2.20. The number of benzene rings is 1. The van der Waals surface area contributed by atoms with Crippen LogP contribution in [-0.4, -0.2) is 50.7 Å². The summed E-state index contributed by atoms with van der Waals surface area (Å²) >= 11 is 0. The number of hydrogen-bond acceptors (Lipinski definition) is 8. The third-order valence-electron chi connectivity index (χ3n) is 3.24. The quantitative estimate of drug-likeness (QED) is 0.365. The second-order valence-electron chi connectivity index (χ2n) is 6.64. The molecule has 0 heterocycles. The number of esters is 1. The van der Waals surface area contributed by atoms with Crippen molar-refractivity contribution in [1.82, 2.24) is 10.0 Å². The molecule has 0 aliphatic rings. The van der Waals surface area contributed by atoms with Crippen molar-refractivity contribution in [2.45, 2.75) is 43.7 Å². The van der Waals surface area contributed by atoms with Gasteiger partial charge in [-0.2, -0.15) is 4.72 Å². The van der Waals surface area contributed by atoms with E-state index in [9.17, 15) is 28.1 Å². The highest BCUT2D eigenvalue weighted by Gasteiger charge is 2.31. The van der Waals surface area contributed by atoms with E-state index in [1.165, 1.54) is 12.1 Å². The second-order valence-corrected chi connectivity index (χ2v) is 8.32. The Kier molecular flexibility index (Phi) is 7.88. The van der Waals surface area contributed by atoms with Gasteiger partial charge in [0.15, 0.2) is 4.90 Å². The number of hydrogen-bond donors (Lipinski definition) is 2. The summed E-state index contributed by atoms with van der Waals surface area (Å²) in [6, 6.07) is 3.35. The van der Waals surface area contributed by atoms with E-state index in [0.29, 0.717) is 0 Å². The molecule has 0 bridgehead atoms. The number of sulfonamides is 1. The minimum Gasteiger partial charge on any atom is -0.468 e. The van der Waals surface area contributed by atoms with Crippen LogP contribution in [0.1, 0.15) is 27.2 Å². The molecule has 156 valence electrons. The van der Waals surface area contributed by atoms with Crippen molar-refractivity contribution in [3.05, 3.63) is 34.4 Å². The Hall–Kier alpha value is -2.73. The molecule has 0 spiro atoms. The van der Waals surface area contributed by atoms with Crippen molar-refractivity contribution in [1.29, 1.82) is 0 Å². The first-order valence-corrected chi connectivity index (χ1v) is 9.66. The van der Waals surface area contributed by atoms with Gasteiger partial charge in [0.2, 0.25) is 10.0 Å². The molecule has 1 atom stereocenters. The van der Waals surface area contributed by atoms with E-state index in [1.54, 1.807) is 20.8 Å². The number of nitrogens with zero attached hydrogens (tertiary/aromatic N) is 1. The standard InChI is InChI=1S/C16H23N3O8S/c1-16(2,3)27-15(21)17-10-9-11(14(20)26-4)18-28(24,25)13-8-6-5-7-12(13)19(22)23/h5-8,11,18H,9-10H2,1-4H3,(H,17,21). The summed E-state index contributed by atoms with van der Waals surface area (Å²) in [4.78, 5) is 33.2. The highest BCUT2D eigenvalue weighted by molar-refractivity contribution is 7.89. The van der Waals surface area contributed by atoms with Crippen molar-refractivity contribution < 1.29 is 32.4 Å². The fourth-order valence-electron chi connectivity index (χ4n) is 2.09. The van der Waals surface area contributed by atoms with Gasteiger partial charge in [-0.15, -0.1) is 0 Å². The highest BCUT2D eigenvalue weighted by atomic mass is 32.2. The van der Waals surface area contributed by atoms with E-state index < -0.39 is 49.2 Å². The SMILES string of the molecule is COC(=O)C(CCNC(=O)OC(C)(C)C)NS(=O)(=O)c1ccccc1[N+](=O)[O-]. The fraction of sp³-hybridized carbons (Fsp3) is 0.500. The van der Waals surface area contributed by atoms with Crippen LogP contribution in [0.15, 0.2) is 29.2 Å². The minimum absolute atomic E-state index is 0.103. The average molecular weight is 417 g/mol. The Morgan fingerprint density at radius 3 is 2.39 bits per heavy atom. The zero-order chi connectivity index (χ0) is 21.5. The predicted octanol–water partition coefficient (Wildman–Crippen LogP) is 1.33. The van der Waals surface area contributed by atoms with Gasteiger partial charge in [-0.25, -0.2) is 13.2 Å². The highest BCUT2D eigenvalue weighted by Crippen LogP contribution is 2.23. The topological polar surface area (TPSA) is 154 Å². The lowest BCUT2D eigenvalue weighted by molar-refractivity contribution is -0.387. The first kappa shape index (κ1) is 23.3. The molecule has 0 aromatic heterocycles. The number of amides is 1. The normalized spacial score (nSPS) is 12.7. The molecular weight excluding hydrogens is 394 g/mol. The summed E-state index contributed by atoms with van der Waals surface area (Å²) < 4.78 is 36.8. The molecule has 0 fully saturated rings. The molecule has 11 nitrogen and oxygen atoms in total. The molecule has 0 saturated heterocycles. The Bertz CT molecular complexity index is 833. The van der Waals surface area contributed by atoms with E-state index in [0.717, 1.165) is 19.2 Å². The molecule has 0 saturated carbocycles. The van der Waals surface area contributed by atoms with Gasteiger partial charge in [-0.3, -0.25) is 14.9 Å². The van der Waals surface area contributed by atoms with Crippen molar-refractivity contribution >= 4 is 27.8 Å². The van der Waals surface area contributed by atoms with Crippen LogP contribution in [0.2, 0.25) is 0 Å². The largest absolute Gasteiger partial charge is 0.468 e. The van der Waals surface area contributed by atoms with E-state index in [2.05, 4.69) is 14.8 Å². The minimum atomic E-state index is -4.41. The summed E-state index contributed by atoms with van der Waals surface area (Å²) in [6.45, 7) is 4.91. The molecule has 1 aromatic rings. The molecule has 1 unspecified atom stereocenters. The van der Waals surface area contributed by atoms with Gasteiger partial charge in [-0.05, 0) is 33.3 Å². The first-order chi connectivity index (χ1) is 12.9. The average Bonchev–Trinajstić information content (AvgIpc) is 2.58. The summed E-state index contributed by atoms with van der Waals surface area (Å²) in [7, 11) is -3.34. The molecule has 0 radical (unpaired) electrons. The summed E-state index contributed by atoms with van der Waals surface area (Å²) in [5, 5.41) is 13.5. The number of nitro groups is 1. The zero-order valence-electron chi connectivity index (χ0n) is 15.9. The van der Waals surface area contributed by atoms with Crippen LogP contribution in [0, 0.1) is 10.1 Å². The van der Waals surface area contributed by atoms with Gasteiger partial charge < -0.3 is 14.8 Å². The summed E-state index contributed by atoms with van der Waals surface area (Å²) in [5.74, 6) is -0.909. The van der Waals surface area contributed by atoms with Crippen molar-refractivity contribution in [2.24, 2.45) is 0 Å². The van der Waals surface area contributed by atoms with Crippen LogP contribution in [0.25, 0.3) is 0 Å². The number of nitro benzene ring substituents is 1. The van der Waals surface area contributed by atoms with Crippen LogP contribution >= 0.6 is 0 Å². The number of carbonyl (C=O) groups is 2. The van der Waals surface area contributed by atoms with Gasteiger partial charge in [-0.1, -0.05) is 12.1 Å². The number of ether oxygens (including phenoxy) is 2. The smallest absolute Gasteiger partial charge is 0.407 e. The molecule has 28 heavy (non-hydrogen) atoms. The molecular formula is C16H23N3O8S. The van der Waals surface area contributed by atoms with E-state index in [-0.39, 0.29) is 13.0 Å². The van der Waals surface area contributed by atoms with Crippen LogP contribution < -0.4 is 10.0 Å². The number of nitrogens with one attached hydrogen (secondary N) is 2. The second kappa shape index (κ2) is 9.46. The Morgan fingerprint density at radius 2 is 1.86 bits per heavy atom. The van der Waals surface area contributed by atoms with Gasteiger partial charge in [0.05, 0.1) is 12.0 Å². The Balaban J connectivity index is 2.91. The number of methoxy groups -OCH3 is 1. The molecule has 1 amide bonds. The van der Waals surface area contributed by atoms with Crippen LogP contribution in [0.5, 0.6) is 0 Å². The van der Waals surface area contributed by atoms with E-state index in [1.807, 2.05) is 0 Å². The van der Waals surface area contributed by atoms with Crippen LogP contribution in [0.3, 0.4) is 0 Å². The molecule has 0 aliphatic carbocycles. The molecule has 2 N–H and O–H groups in total. The molecule has 1 aromatic carbocycles. The molecule has 1 rings (SSSR count). The van der Waals surface area contributed by atoms with Gasteiger partial charge >= 0.3 is 12.1 Å².